The Bertz CT molecular complexity index is 249. The van der Waals surface area contributed by atoms with Crippen LogP contribution in [-0.4, -0.2) is 38.4 Å². The molecule has 0 rings (SSSR count). The molecule has 0 aromatic rings. The van der Waals surface area contributed by atoms with Crippen molar-refractivity contribution in [1.82, 2.24) is 5.32 Å². The van der Waals surface area contributed by atoms with Gasteiger partial charge in [-0.15, -0.1) is 0 Å². The van der Waals surface area contributed by atoms with Crippen molar-refractivity contribution in [3.05, 3.63) is 0 Å². The molecule has 0 fully saturated rings. The van der Waals surface area contributed by atoms with Crippen LogP contribution in [-0.2, 0) is 9.36 Å². The molecule has 0 spiro atoms. The van der Waals surface area contributed by atoms with E-state index in [0.717, 1.165) is 38.9 Å². The van der Waals surface area contributed by atoms with Gasteiger partial charge in [-0.1, -0.05) is 28.4 Å². The molecule has 0 atom stereocenters. The van der Waals surface area contributed by atoms with Crippen LogP contribution in [0.1, 0.15) is 40.0 Å². The molecule has 0 amide bonds. The second kappa shape index (κ2) is 42.5. The normalized spacial score (nSPS) is 8.16. The Hall–Kier alpha value is 4.37. The fourth-order valence-electron chi connectivity index (χ4n) is 0.295. The molecule has 13 heteroatoms. The number of aliphatic carboxylic acids is 1. The van der Waals surface area contributed by atoms with E-state index >= 15 is 0 Å². The van der Waals surface area contributed by atoms with Crippen molar-refractivity contribution in [2.75, 3.05) is 32.5 Å². The van der Waals surface area contributed by atoms with Gasteiger partial charge in [-0.3, -0.25) is 0 Å². The summed E-state index contributed by atoms with van der Waals surface area (Å²) in [7, 11) is -4.62. The summed E-state index contributed by atoms with van der Waals surface area (Å²) >= 11 is 0. The van der Waals surface area contributed by atoms with Crippen molar-refractivity contribution >= 4 is 13.6 Å². The van der Waals surface area contributed by atoms with E-state index in [1.54, 1.807) is 0 Å². The van der Waals surface area contributed by atoms with E-state index in [1.807, 2.05) is 5.32 Å². The number of nitrogens with one attached hydrogen (secondary N) is 1. The van der Waals surface area contributed by atoms with Crippen molar-refractivity contribution in [2.24, 2.45) is 17.2 Å². The first-order valence-electron chi connectivity index (χ1n) is 7.18. The van der Waals surface area contributed by atoms with Crippen LogP contribution in [0.3, 0.4) is 0 Å². The minimum absolute atomic E-state index is 0. The standard InChI is InChI=1S/C3H8NO5P.3C3H9N.3K/c5-3(6)1-4-2-10(7,8)9;3*1-2-3-4;;;/h4H,1-2H2,(H,5,6)(H2,7,8,9);3*2-4H2,1H3;;;/q;;;;3*+1/p-3. The van der Waals surface area contributed by atoms with E-state index in [2.05, 4.69) is 20.8 Å². The van der Waals surface area contributed by atoms with Gasteiger partial charge in [-0.05, 0) is 38.9 Å². The van der Waals surface area contributed by atoms with Gasteiger partial charge >= 0.3 is 154 Å². The van der Waals surface area contributed by atoms with E-state index in [-0.39, 0.29) is 154 Å². The summed E-state index contributed by atoms with van der Waals surface area (Å²) in [5, 5.41) is 11.5. The Labute approximate surface area is 280 Å². The largest absolute Gasteiger partial charge is 1.00 e. The quantitative estimate of drug-likeness (QED) is 0.211. The average molecular weight is 461 g/mol. The molecule has 0 aliphatic heterocycles. The molecular formula is C12H32K3N4O5P. The summed E-state index contributed by atoms with van der Waals surface area (Å²) in [6, 6.07) is 0. The second-order valence-electron chi connectivity index (χ2n) is 3.93. The van der Waals surface area contributed by atoms with Gasteiger partial charge < -0.3 is 46.8 Å². The van der Waals surface area contributed by atoms with E-state index < -0.39 is 26.4 Å². The third-order valence-corrected chi connectivity index (χ3v) is 2.05. The molecule has 9 nitrogen and oxygen atoms in total. The van der Waals surface area contributed by atoms with Gasteiger partial charge in [-0.25, -0.2) is 0 Å². The fraction of sp³-hybridized carbons (Fsp3) is 0.917. The molecule has 0 saturated carbocycles. The zero-order chi connectivity index (χ0) is 18.4. The summed E-state index contributed by atoms with van der Waals surface area (Å²) in [6.45, 7) is 7.99. The van der Waals surface area contributed by atoms with Gasteiger partial charge in [0.25, 0.3) is 0 Å². The molecule has 0 aromatic heterocycles. The Kier molecular flexibility index (Phi) is 80.2. The summed E-state index contributed by atoms with van der Waals surface area (Å²) in [6.07, 6.45) is 2.43. The number of carboxylic acid groups (broad SMARTS) is 1. The van der Waals surface area contributed by atoms with Crippen LogP contribution in [0, 0.1) is 0 Å². The monoisotopic (exact) mass is 460 g/mol. The molecular weight excluding hydrogens is 428 g/mol. The molecule has 7 N–H and O–H groups in total. The van der Waals surface area contributed by atoms with Crippen LogP contribution in [0.15, 0.2) is 0 Å². The van der Waals surface area contributed by atoms with Crippen molar-refractivity contribution in [1.29, 1.82) is 0 Å². The van der Waals surface area contributed by atoms with Crippen molar-refractivity contribution in [3.8, 4) is 0 Å². The van der Waals surface area contributed by atoms with Crippen molar-refractivity contribution in [2.45, 2.75) is 40.0 Å². The molecule has 0 saturated heterocycles. The first-order valence-corrected chi connectivity index (χ1v) is 8.91. The summed E-state index contributed by atoms with van der Waals surface area (Å²) in [5.41, 5.74) is 15.1. The molecule has 0 unspecified atom stereocenters. The van der Waals surface area contributed by atoms with Crippen molar-refractivity contribution < 1.29 is 178 Å². The fourth-order valence-corrected chi connectivity index (χ4v) is 0.681. The summed E-state index contributed by atoms with van der Waals surface area (Å²) in [5.74, 6) is -1.45. The minimum Gasteiger partial charge on any atom is -0.810 e. The van der Waals surface area contributed by atoms with E-state index in [1.165, 1.54) is 0 Å². The zero-order valence-electron chi connectivity index (χ0n) is 16.9. The van der Waals surface area contributed by atoms with Crippen LogP contribution in [0.25, 0.3) is 0 Å². The average Bonchev–Trinajstić information content (AvgIpc) is 2.46. The molecule has 0 aliphatic rings. The smallest absolute Gasteiger partial charge is 0.810 e. The molecule has 0 bridgehead atoms. The molecule has 0 radical (unpaired) electrons. The Balaban J connectivity index is -0.0000000370. The summed E-state index contributed by atoms with van der Waals surface area (Å²) < 4.78 is 9.81. The molecule has 0 aromatic carbocycles. The Morgan fingerprint density at radius 1 is 0.880 bits per heavy atom. The third-order valence-electron chi connectivity index (χ3n) is 1.44. The van der Waals surface area contributed by atoms with Crippen LogP contribution >= 0.6 is 7.60 Å². The maximum absolute atomic E-state index is 9.81. The van der Waals surface area contributed by atoms with Gasteiger partial charge in [-0.2, -0.15) is 0 Å². The van der Waals surface area contributed by atoms with E-state index in [9.17, 15) is 24.3 Å². The predicted octanol–water partition coefficient (Wildman–Crippen LogP) is -11.7. The number of nitrogens with two attached hydrogens (primary N) is 3. The van der Waals surface area contributed by atoms with Gasteiger partial charge in [0.15, 0.2) is 0 Å². The van der Waals surface area contributed by atoms with Gasteiger partial charge in [0.1, 0.15) is 0 Å². The van der Waals surface area contributed by atoms with Crippen LogP contribution < -0.4 is 192 Å². The summed E-state index contributed by atoms with van der Waals surface area (Å²) in [4.78, 5) is 29.2. The van der Waals surface area contributed by atoms with Gasteiger partial charge in [0, 0.05) is 12.8 Å². The SMILES string of the molecule is CCCN.CCCN.CCCN.O=C([O-])CNCP(=O)([O-])[O-].[K+].[K+].[K+]. The van der Waals surface area contributed by atoms with Gasteiger partial charge in [0.2, 0.25) is 0 Å². The molecule has 25 heavy (non-hydrogen) atoms. The topological polar surface area (TPSA) is 193 Å². The molecule has 138 valence electrons. The molecule has 0 aliphatic carbocycles. The number of carboxylic acids is 1. The number of carbonyl (C=O) groups is 1. The maximum atomic E-state index is 9.81. The zero-order valence-corrected chi connectivity index (χ0v) is 27.1. The number of carbonyl (C=O) groups excluding carboxylic acids is 1. The number of hydrogen-bond donors (Lipinski definition) is 4. The first-order chi connectivity index (χ1) is 10.2. The van der Waals surface area contributed by atoms with Crippen LogP contribution in [0.5, 0.6) is 0 Å². The second-order valence-corrected chi connectivity index (χ2v) is 5.47. The minimum atomic E-state index is -4.62. The van der Waals surface area contributed by atoms with Crippen LogP contribution in [0.2, 0.25) is 0 Å². The predicted molar refractivity (Wildman–Crippen MR) is 83.5 cm³/mol. The van der Waals surface area contributed by atoms with Crippen molar-refractivity contribution in [3.63, 3.8) is 0 Å². The van der Waals surface area contributed by atoms with Gasteiger partial charge in [0.05, 0.1) is 5.97 Å². The molecule has 0 heterocycles. The van der Waals surface area contributed by atoms with E-state index in [4.69, 9.17) is 17.2 Å². The third kappa shape index (κ3) is 95.5. The number of hydrogen-bond acceptors (Lipinski definition) is 9. The number of rotatable bonds is 7. The Morgan fingerprint density at radius 2 is 1.12 bits per heavy atom. The first kappa shape index (κ1) is 47.2. The Morgan fingerprint density at radius 3 is 1.24 bits per heavy atom. The maximum Gasteiger partial charge on any atom is 1.00 e. The van der Waals surface area contributed by atoms with E-state index in [0.29, 0.717) is 0 Å². The van der Waals surface area contributed by atoms with Crippen LogP contribution in [0.4, 0.5) is 0 Å².